The molecule has 5 rings (SSSR count). The first-order valence-corrected chi connectivity index (χ1v) is 9.32. The Balaban J connectivity index is 1.66. The molecule has 2 saturated carbocycles. The minimum Gasteiger partial charge on any atom is -0.472 e. The van der Waals surface area contributed by atoms with Crippen molar-refractivity contribution < 1.29 is 28.3 Å². The van der Waals surface area contributed by atoms with Crippen LogP contribution < -0.4 is 0 Å². The largest absolute Gasteiger partial charge is 0.472 e. The maximum atomic E-state index is 13.2. The third-order valence-corrected chi connectivity index (χ3v) is 8.14. The van der Waals surface area contributed by atoms with E-state index in [9.17, 15) is 14.4 Å². The molecule has 0 N–H and O–H groups in total. The lowest BCUT2D eigenvalue weighted by molar-refractivity contribution is -0.235. The normalized spacial score (nSPS) is 47.0. The first-order chi connectivity index (χ1) is 12.3. The zero-order valence-electron chi connectivity index (χ0n) is 14.9. The van der Waals surface area contributed by atoms with E-state index in [-0.39, 0.29) is 17.8 Å². The number of ether oxygens (including phenoxy) is 2. The van der Waals surface area contributed by atoms with Crippen LogP contribution in [0.3, 0.4) is 0 Å². The summed E-state index contributed by atoms with van der Waals surface area (Å²) in [5.74, 6) is -1.69. The summed E-state index contributed by atoms with van der Waals surface area (Å²) in [7, 11) is 0. The molecule has 4 aliphatic rings. The fourth-order valence-corrected chi connectivity index (χ4v) is 6.83. The molecular formula is C20H22O6. The quantitative estimate of drug-likeness (QED) is 0.566. The van der Waals surface area contributed by atoms with Crippen molar-refractivity contribution >= 4 is 17.9 Å². The zero-order chi connectivity index (χ0) is 18.3. The predicted octanol–water partition coefficient (Wildman–Crippen LogP) is 3.17. The molecule has 2 aliphatic carbocycles. The highest BCUT2D eigenvalue weighted by Crippen LogP contribution is 2.75. The Morgan fingerprint density at radius 1 is 1.00 bits per heavy atom. The van der Waals surface area contributed by atoms with E-state index >= 15 is 0 Å². The van der Waals surface area contributed by atoms with Crippen molar-refractivity contribution in [3.63, 3.8) is 0 Å². The maximum absolute atomic E-state index is 13.2. The number of esters is 3. The minimum atomic E-state index is -0.817. The number of carbonyl (C=O) groups excluding carboxylic acids is 3. The van der Waals surface area contributed by atoms with Gasteiger partial charge in [0, 0.05) is 11.0 Å². The van der Waals surface area contributed by atoms with Crippen LogP contribution in [0, 0.1) is 28.1 Å². The Labute approximate surface area is 151 Å². The molecule has 1 aromatic heterocycles. The average molecular weight is 358 g/mol. The molecule has 2 saturated heterocycles. The van der Waals surface area contributed by atoms with Crippen molar-refractivity contribution in [2.45, 2.75) is 52.1 Å². The van der Waals surface area contributed by atoms with Gasteiger partial charge < -0.3 is 13.9 Å². The molecule has 0 radical (unpaired) electrons. The van der Waals surface area contributed by atoms with Crippen LogP contribution in [-0.4, -0.2) is 17.9 Å². The highest BCUT2D eigenvalue weighted by molar-refractivity contribution is 5.97. The Kier molecular flexibility index (Phi) is 2.96. The summed E-state index contributed by atoms with van der Waals surface area (Å²) in [5.41, 5.74) is -1.08. The van der Waals surface area contributed by atoms with Gasteiger partial charge >= 0.3 is 17.9 Å². The summed E-state index contributed by atoms with van der Waals surface area (Å²) in [6.45, 7) is 4.08. The molecule has 0 aromatic carbocycles. The molecule has 0 unspecified atom stereocenters. The predicted molar refractivity (Wildman–Crippen MR) is 87.4 cm³/mol. The van der Waals surface area contributed by atoms with Crippen LogP contribution in [0.4, 0.5) is 0 Å². The number of cyclic esters (lactones) is 3. The maximum Gasteiger partial charge on any atom is 0.320 e. The zero-order valence-corrected chi connectivity index (χ0v) is 14.9. The lowest BCUT2D eigenvalue weighted by Gasteiger charge is -2.63. The SMILES string of the molecule is C[C@@]12CC[C@H]3C(=O)O[C@H](c4ccoc4)C[C@]3(C)[C@]13CC[C@H]2C(=O)OC3=O. The first-order valence-electron chi connectivity index (χ1n) is 9.32. The Bertz CT molecular complexity index is 812. The summed E-state index contributed by atoms with van der Waals surface area (Å²) in [6, 6.07) is 1.79. The Morgan fingerprint density at radius 2 is 1.73 bits per heavy atom. The number of carbonyl (C=O) groups is 3. The topological polar surface area (TPSA) is 82.8 Å². The van der Waals surface area contributed by atoms with Crippen molar-refractivity contribution in [2.24, 2.45) is 28.1 Å². The number of hydrogen-bond donors (Lipinski definition) is 0. The Morgan fingerprint density at radius 3 is 2.46 bits per heavy atom. The summed E-state index contributed by atoms with van der Waals surface area (Å²) in [5, 5.41) is 0. The van der Waals surface area contributed by atoms with Crippen LogP contribution in [-0.2, 0) is 23.9 Å². The van der Waals surface area contributed by atoms with Crippen molar-refractivity contribution in [2.75, 3.05) is 0 Å². The van der Waals surface area contributed by atoms with Gasteiger partial charge in [0.2, 0.25) is 0 Å². The molecular weight excluding hydrogens is 336 g/mol. The number of rotatable bonds is 1. The van der Waals surface area contributed by atoms with Gasteiger partial charge in [-0.05, 0) is 43.6 Å². The second-order valence-corrected chi connectivity index (χ2v) is 8.82. The average Bonchev–Trinajstić information content (AvgIpc) is 3.17. The molecule has 6 heteroatoms. The molecule has 138 valence electrons. The highest BCUT2D eigenvalue weighted by Gasteiger charge is 2.78. The van der Waals surface area contributed by atoms with Crippen LogP contribution in [0.2, 0.25) is 0 Å². The molecule has 4 fully saturated rings. The molecule has 2 aliphatic heterocycles. The van der Waals surface area contributed by atoms with Gasteiger partial charge in [-0.25, -0.2) is 0 Å². The first kappa shape index (κ1) is 16.1. The molecule has 3 heterocycles. The minimum absolute atomic E-state index is 0.255. The van der Waals surface area contributed by atoms with Gasteiger partial charge in [-0.15, -0.1) is 0 Å². The summed E-state index contributed by atoms with van der Waals surface area (Å²) >= 11 is 0. The van der Waals surface area contributed by atoms with Crippen molar-refractivity contribution in [3.8, 4) is 0 Å². The van der Waals surface area contributed by atoms with Crippen molar-refractivity contribution in [3.05, 3.63) is 24.2 Å². The van der Waals surface area contributed by atoms with Gasteiger partial charge in [0.25, 0.3) is 0 Å². The molecule has 6 nitrogen and oxygen atoms in total. The van der Waals surface area contributed by atoms with Gasteiger partial charge in [0.1, 0.15) is 6.10 Å². The van der Waals surface area contributed by atoms with Crippen LogP contribution in [0.1, 0.15) is 57.6 Å². The van der Waals surface area contributed by atoms with Crippen LogP contribution in [0.25, 0.3) is 0 Å². The van der Waals surface area contributed by atoms with Gasteiger partial charge in [-0.3, -0.25) is 14.4 Å². The molecule has 2 bridgehead atoms. The van der Waals surface area contributed by atoms with E-state index in [0.717, 1.165) is 5.56 Å². The second-order valence-electron chi connectivity index (χ2n) is 8.82. The summed E-state index contributed by atoms with van der Waals surface area (Å²) < 4.78 is 16.1. The van der Waals surface area contributed by atoms with Gasteiger partial charge in [0.05, 0.1) is 29.8 Å². The van der Waals surface area contributed by atoms with Gasteiger partial charge in [0.15, 0.2) is 0 Å². The van der Waals surface area contributed by atoms with Gasteiger partial charge in [-0.2, -0.15) is 0 Å². The molecule has 0 spiro atoms. The Hall–Kier alpha value is -2.11. The monoisotopic (exact) mass is 358 g/mol. The summed E-state index contributed by atoms with van der Waals surface area (Å²) in [4.78, 5) is 38.4. The van der Waals surface area contributed by atoms with Gasteiger partial charge in [-0.1, -0.05) is 13.8 Å². The summed E-state index contributed by atoms with van der Waals surface area (Å²) in [6.07, 6.45) is 5.79. The fourth-order valence-electron chi connectivity index (χ4n) is 6.83. The van der Waals surface area contributed by atoms with Crippen LogP contribution >= 0.6 is 0 Å². The standard InChI is InChI=1S/C20H22O6/c1-18-6-3-13-15(21)25-14(11-5-8-24-10-11)9-19(13,2)20(18)7-4-12(18)16(22)26-17(20)23/h5,8,10,12-14H,3-4,6-7,9H2,1-2H3/t12-,13-,14-,18-,19-,20-/m0/s1. The smallest absolute Gasteiger partial charge is 0.320 e. The molecule has 1 aromatic rings. The van der Waals surface area contributed by atoms with E-state index in [0.29, 0.717) is 32.1 Å². The molecule has 6 atom stereocenters. The van der Waals surface area contributed by atoms with Crippen molar-refractivity contribution in [1.82, 2.24) is 0 Å². The van der Waals surface area contributed by atoms with E-state index in [1.165, 1.54) is 0 Å². The van der Waals surface area contributed by atoms with E-state index < -0.39 is 34.3 Å². The highest BCUT2D eigenvalue weighted by atomic mass is 16.6. The number of furan rings is 1. The molecule has 0 amide bonds. The van der Waals surface area contributed by atoms with E-state index in [1.807, 2.05) is 6.92 Å². The lowest BCUT2D eigenvalue weighted by Crippen LogP contribution is -2.67. The lowest BCUT2D eigenvalue weighted by atomic mass is 9.40. The van der Waals surface area contributed by atoms with E-state index in [4.69, 9.17) is 13.9 Å². The second kappa shape index (κ2) is 4.78. The van der Waals surface area contributed by atoms with Crippen molar-refractivity contribution in [1.29, 1.82) is 0 Å². The number of fused-ring (bicyclic) bond motifs is 1. The van der Waals surface area contributed by atoms with Crippen LogP contribution in [0.15, 0.2) is 23.0 Å². The van der Waals surface area contributed by atoms with E-state index in [2.05, 4.69) is 6.92 Å². The fraction of sp³-hybridized carbons (Fsp3) is 0.650. The third kappa shape index (κ3) is 1.57. The third-order valence-electron chi connectivity index (χ3n) is 8.14. The van der Waals surface area contributed by atoms with Crippen LogP contribution in [0.5, 0.6) is 0 Å². The molecule has 26 heavy (non-hydrogen) atoms. The van der Waals surface area contributed by atoms with E-state index in [1.54, 1.807) is 18.6 Å². The number of hydrogen-bond acceptors (Lipinski definition) is 6.